The van der Waals surface area contributed by atoms with E-state index in [1.54, 1.807) is 0 Å². The molecule has 0 saturated heterocycles. The molecule has 0 aliphatic carbocycles. The molecule has 1 aliphatic heterocycles. The van der Waals surface area contributed by atoms with Gasteiger partial charge in [-0.2, -0.15) is 0 Å². The molecule has 3 nitrogen and oxygen atoms in total. The van der Waals surface area contributed by atoms with Crippen molar-refractivity contribution < 1.29 is 0 Å². The Balaban J connectivity index is 1.75. The topological polar surface area (TPSA) is 21.1 Å². The van der Waals surface area contributed by atoms with E-state index in [-0.39, 0.29) is 0 Å². The highest BCUT2D eigenvalue weighted by Gasteiger charge is 2.27. The third-order valence-corrected chi connectivity index (χ3v) is 6.73. The number of hydrogen-bond donors (Lipinski definition) is 0. The van der Waals surface area contributed by atoms with E-state index >= 15 is 0 Å². The molecule has 4 aromatic carbocycles. The molecule has 0 N–H and O–H groups in total. The first-order valence-corrected chi connectivity index (χ1v) is 11.1. The molecule has 3 heterocycles. The summed E-state index contributed by atoms with van der Waals surface area (Å²) in [4.78, 5) is 7.21. The van der Waals surface area contributed by atoms with Crippen LogP contribution in [0.5, 0.6) is 0 Å². The predicted molar refractivity (Wildman–Crippen MR) is 134 cm³/mol. The van der Waals surface area contributed by atoms with Crippen LogP contribution < -0.4 is 4.90 Å². The van der Waals surface area contributed by atoms with E-state index in [2.05, 4.69) is 107 Å². The summed E-state index contributed by atoms with van der Waals surface area (Å²) in [6, 6.07) is 32.7. The van der Waals surface area contributed by atoms with Gasteiger partial charge in [-0.3, -0.25) is 0 Å². The maximum Gasteiger partial charge on any atom is 0.141 e. The van der Waals surface area contributed by atoms with Gasteiger partial charge >= 0.3 is 0 Å². The van der Waals surface area contributed by atoms with Crippen molar-refractivity contribution >= 4 is 44.1 Å². The fourth-order valence-corrected chi connectivity index (χ4v) is 5.44. The summed E-state index contributed by atoms with van der Waals surface area (Å²) in [7, 11) is 0. The largest absolute Gasteiger partial charge is 0.326 e. The van der Waals surface area contributed by atoms with Crippen molar-refractivity contribution in [1.29, 1.82) is 0 Å². The smallest absolute Gasteiger partial charge is 0.141 e. The molecular weight excluding hydrogens is 390 g/mol. The van der Waals surface area contributed by atoms with Crippen molar-refractivity contribution in [3.8, 4) is 16.8 Å². The van der Waals surface area contributed by atoms with Crippen molar-refractivity contribution in [3.63, 3.8) is 0 Å². The predicted octanol–water partition coefficient (Wildman–Crippen LogP) is 7.47. The molecule has 7 rings (SSSR count). The van der Waals surface area contributed by atoms with Crippen LogP contribution in [-0.2, 0) is 0 Å². The van der Waals surface area contributed by atoms with Gasteiger partial charge in [-0.15, -0.1) is 0 Å². The highest BCUT2D eigenvalue weighted by atomic mass is 15.2. The molecule has 0 amide bonds. The Hall–Kier alpha value is -4.11. The summed E-state index contributed by atoms with van der Waals surface area (Å²) in [5.41, 5.74) is 7.43. The van der Waals surface area contributed by atoms with Gasteiger partial charge in [-0.1, -0.05) is 54.6 Å². The number of anilines is 2. The third kappa shape index (κ3) is 2.17. The standard InChI is InChI=1S/C29H21N3/c1-2-31-25-14-8-6-12-20(25)23-18-24-21-13-7-9-15-26(21)32(19-10-4-3-5-11-19)28(24)22-16-17-30-29(31)27(22)23/h3-18H,2H2,1H3. The quantitative estimate of drug-likeness (QED) is 0.295. The van der Waals surface area contributed by atoms with E-state index in [9.17, 15) is 0 Å². The van der Waals surface area contributed by atoms with E-state index in [1.165, 1.54) is 55.1 Å². The maximum absolute atomic E-state index is 4.87. The zero-order valence-electron chi connectivity index (χ0n) is 17.8. The minimum atomic E-state index is 0.877. The zero-order valence-corrected chi connectivity index (χ0v) is 17.8. The van der Waals surface area contributed by atoms with E-state index < -0.39 is 0 Å². The monoisotopic (exact) mass is 411 g/mol. The summed E-state index contributed by atoms with van der Waals surface area (Å²) in [5.74, 6) is 1.05. The Morgan fingerprint density at radius 2 is 1.50 bits per heavy atom. The van der Waals surface area contributed by atoms with Crippen LogP contribution in [0.4, 0.5) is 11.5 Å². The molecular formula is C29H21N3. The lowest BCUT2D eigenvalue weighted by Crippen LogP contribution is -2.21. The summed E-state index contributed by atoms with van der Waals surface area (Å²) in [6.07, 6.45) is 1.96. The van der Waals surface area contributed by atoms with Crippen molar-refractivity contribution in [2.24, 2.45) is 0 Å². The average molecular weight is 412 g/mol. The minimum Gasteiger partial charge on any atom is -0.326 e. The molecule has 0 bridgehead atoms. The number of nitrogens with zero attached hydrogens (tertiary/aromatic N) is 3. The van der Waals surface area contributed by atoms with Gasteiger partial charge in [0.1, 0.15) is 5.82 Å². The van der Waals surface area contributed by atoms with Crippen LogP contribution in [0.15, 0.2) is 97.2 Å². The third-order valence-electron chi connectivity index (χ3n) is 6.73. The molecule has 0 fully saturated rings. The molecule has 0 spiro atoms. The molecule has 6 aromatic rings. The van der Waals surface area contributed by atoms with Crippen LogP contribution in [0.25, 0.3) is 49.4 Å². The Morgan fingerprint density at radius 3 is 2.38 bits per heavy atom. The molecule has 0 radical (unpaired) electrons. The minimum absolute atomic E-state index is 0.877. The lowest BCUT2D eigenvalue weighted by atomic mass is 9.91. The van der Waals surface area contributed by atoms with Crippen molar-refractivity contribution in [1.82, 2.24) is 9.55 Å². The SMILES string of the molecule is CCN1c2ccccc2-c2cc3c4ccccc4n(-c4ccccc4)c3c3ccnc1c23. The van der Waals surface area contributed by atoms with Gasteiger partial charge in [-0.25, -0.2) is 4.98 Å². The van der Waals surface area contributed by atoms with Crippen molar-refractivity contribution in [3.05, 3.63) is 97.2 Å². The Morgan fingerprint density at radius 1 is 0.719 bits per heavy atom. The van der Waals surface area contributed by atoms with Crippen molar-refractivity contribution in [2.45, 2.75) is 6.92 Å². The second kappa shape index (κ2) is 6.44. The van der Waals surface area contributed by atoms with Crippen molar-refractivity contribution in [2.75, 3.05) is 11.4 Å². The number of fused-ring (bicyclic) bond motifs is 6. The van der Waals surface area contributed by atoms with E-state index in [1.807, 2.05) is 6.20 Å². The van der Waals surface area contributed by atoms with Gasteiger partial charge in [0.15, 0.2) is 0 Å². The lowest BCUT2D eigenvalue weighted by Gasteiger charge is -2.31. The summed E-state index contributed by atoms with van der Waals surface area (Å²) >= 11 is 0. The summed E-state index contributed by atoms with van der Waals surface area (Å²) in [5, 5.41) is 5.04. The summed E-state index contributed by atoms with van der Waals surface area (Å²) < 4.78 is 2.41. The second-order valence-corrected chi connectivity index (χ2v) is 8.33. The highest BCUT2D eigenvalue weighted by Crippen LogP contribution is 2.50. The fourth-order valence-electron chi connectivity index (χ4n) is 5.44. The second-order valence-electron chi connectivity index (χ2n) is 8.33. The Labute approximate surface area is 186 Å². The molecule has 152 valence electrons. The first kappa shape index (κ1) is 17.6. The molecule has 1 aliphatic rings. The van der Waals surface area contributed by atoms with Gasteiger partial charge in [0.2, 0.25) is 0 Å². The maximum atomic E-state index is 4.87. The summed E-state index contributed by atoms with van der Waals surface area (Å²) in [6.45, 7) is 3.07. The van der Waals surface area contributed by atoms with Gasteiger partial charge in [0.05, 0.1) is 16.7 Å². The van der Waals surface area contributed by atoms with Crippen LogP contribution in [0.3, 0.4) is 0 Å². The van der Waals surface area contributed by atoms with Gasteiger partial charge in [0.25, 0.3) is 0 Å². The number of para-hydroxylation sites is 3. The molecule has 3 heteroatoms. The van der Waals surface area contributed by atoms with E-state index in [0.29, 0.717) is 0 Å². The molecule has 0 saturated carbocycles. The van der Waals surface area contributed by atoms with Crippen LogP contribution in [0.2, 0.25) is 0 Å². The van der Waals surface area contributed by atoms with Crippen LogP contribution in [-0.4, -0.2) is 16.1 Å². The molecule has 0 unspecified atom stereocenters. The molecule has 2 aromatic heterocycles. The van der Waals surface area contributed by atoms with Crippen LogP contribution in [0, 0.1) is 0 Å². The molecule has 32 heavy (non-hydrogen) atoms. The lowest BCUT2D eigenvalue weighted by molar-refractivity contribution is 0.995. The van der Waals surface area contributed by atoms with Gasteiger partial charge < -0.3 is 9.47 Å². The Kier molecular flexibility index (Phi) is 3.54. The first-order chi connectivity index (χ1) is 15.9. The van der Waals surface area contributed by atoms with E-state index in [0.717, 1.165) is 12.4 Å². The highest BCUT2D eigenvalue weighted by molar-refractivity contribution is 6.25. The Bertz CT molecular complexity index is 1660. The molecule has 0 atom stereocenters. The van der Waals surface area contributed by atoms with Crippen LogP contribution >= 0.6 is 0 Å². The normalized spacial score (nSPS) is 12.6. The zero-order chi connectivity index (χ0) is 21.2. The number of hydrogen-bond acceptors (Lipinski definition) is 2. The number of pyridine rings is 1. The number of benzene rings is 4. The van der Waals surface area contributed by atoms with Crippen LogP contribution in [0.1, 0.15) is 6.92 Å². The fraction of sp³-hybridized carbons (Fsp3) is 0.0690. The first-order valence-electron chi connectivity index (χ1n) is 11.1. The number of aromatic nitrogens is 2. The number of rotatable bonds is 2. The van der Waals surface area contributed by atoms with E-state index in [4.69, 9.17) is 4.98 Å². The van der Waals surface area contributed by atoms with Gasteiger partial charge in [-0.05, 0) is 48.9 Å². The van der Waals surface area contributed by atoms with Gasteiger partial charge in [0, 0.05) is 45.5 Å². The average Bonchev–Trinajstić information content (AvgIpc) is 3.19.